The molecule has 0 aliphatic carbocycles. The average Bonchev–Trinajstić information content (AvgIpc) is 2.29. The quantitative estimate of drug-likeness (QED) is 0.772. The van der Waals surface area contributed by atoms with Crippen molar-refractivity contribution in [1.82, 2.24) is 4.72 Å². The highest BCUT2D eigenvalue weighted by Crippen LogP contribution is 2.13. The van der Waals surface area contributed by atoms with Gasteiger partial charge in [-0.1, -0.05) is 28.1 Å². The number of hydrogen-bond acceptors (Lipinski definition) is 3. The van der Waals surface area contributed by atoms with Gasteiger partial charge in [0.1, 0.15) is 10.7 Å². The Morgan fingerprint density at radius 2 is 2.11 bits per heavy atom. The van der Waals surface area contributed by atoms with E-state index in [2.05, 4.69) is 20.7 Å². The van der Waals surface area contributed by atoms with E-state index in [1.807, 2.05) is 0 Å². The molecule has 0 aliphatic rings. The first-order chi connectivity index (χ1) is 8.47. The molecule has 18 heavy (non-hydrogen) atoms. The molecule has 0 fully saturated rings. The summed E-state index contributed by atoms with van der Waals surface area (Å²) in [4.78, 5) is -0.270. The molecule has 0 aromatic heterocycles. The smallest absolute Gasteiger partial charge is 0.243 e. The topological polar surface area (TPSA) is 55.4 Å². The number of ether oxygens (including phenoxy) is 1. The number of sulfonamides is 1. The largest absolute Gasteiger partial charge is 0.384 e. The molecule has 1 aromatic carbocycles. The highest BCUT2D eigenvalue weighted by atomic mass is 79.9. The van der Waals surface area contributed by atoms with Crippen LogP contribution in [0.25, 0.3) is 0 Å². The summed E-state index contributed by atoms with van der Waals surface area (Å²) in [7, 11) is -2.22. The number of nitrogens with one attached hydrogen (secondary N) is 1. The van der Waals surface area contributed by atoms with Crippen molar-refractivity contribution in [3.05, 3.63) is 30.1 Å². The number of benzene rings is 1. The van der Waals surface area contributed by atoms with Crippen molar-refractivity contribution in [2.45, 2.75) is 16.1 Å². The van der Waals surface area contributed by atoms with Gasteiger partial charge >= 0.3 is 0 Å². The number of hydrogen-bond donors (Lipinski definition) is 1. The van der Waals surface area contributed by atoms with Crippen LogP contribution in [0.4, 0.5) is 4.39 Å². The maximum absolute atomic E-state index is 13.3. The lowest BCUT2D eigenvalue weighted by Gasteiger charge is -2.10. The second kappa shape index (κ2) is 7.18. The molecule has 1 aromatic rings. The van der Waals surface area contributed by atoms with Gasteiger partial charge in [-0.2, -0.15) is 0 Å². The number of rotatable bonds is 7. The van der Waals surface area contributed by atoms with Crippen molar-refractivity contribution < 1.29 is 17.5 Å². The Kier molecular flexibility index (Phi) is 6.20. The van der Waals surface area contributed by atoms with Crippen molar-refractivity contribution in [2.75, 3.05) is 20.3 Å². The first-order valence-electron chi connectivity index (χ1n) is 5.34. The highest BCUT2D eigenvalue weighted by molar-refractivity contribution is 9.09. The van der Waals surface area contributed by atoms with Gasteiger partial charge in [0.15, 0.2) is 0 Å². The highest BCUT2D eigenvalue weighted by Gasteiger charge is 2.18. The van der Waals surface area contributed by atoms with E-state index in [1.54, 1.807) is 7.11 Å². The van der Waals surface area contributed by atoms with Crippen molar-refractivity contribution >= 4 is 26.0 Å². The fourth-order valence-electron chi connectivity index (χ4n) is 1.35. The Balaban J connectivity index is 2.59. The van der Waals surface area contributed by atoms with Crippen LogP contribution in [0.1, 0.15) is 6.42 Å². The Labute approximate surface area is 115 Å². The van der Waals surface area contributed by atoms with E-state index in [0.29, 0.717) is 13.0 Å². The molecule has 1 unspecified atom stereocenters. The lowest BCUT2D eigenvalue weighted by Crippen LogP contribution is -2.27. The molecule has 1 rings (SSSR count). The van der Waals surface area contributed by atoms with Gasteiger partial charge in [-0.3, -0.25) is 0 Å². The fraction of sp³-hybridized carbons (Fsp3) is 0.455. The minimum Gasteiger partial charge on any atom is -0.384 e. The molecular weight excluding hydrogens is 325 g/mol. The Bertz CT molecular complexity index is 481. The number of methoxy groups -OCH3 is 1. The van der Waals surface area contributed by atoms with E-state index in [1.165, 1.54) is 18.2 Å². The Morgan fingerprint density at radius 3 is 2.72 bits per heavy atom. The van der Waals surface area contributed by atoms with Gasteiger partial charge in [0.05, 0.1) is 6.61 Å². The molecule has 4 nitrogen and oxygen atoms in total. The number of alkyl halides is 1. The summed E-state index contributed by atoms with van der Waals surface area (Å²) in [5.74, 6) is -0.753. The van der Waals surface area contributed by atoms with Crippen LogP contribution in [0, 0.1) is 5.82 Å². The summed E-state index contributed by atoms with van der Waals surface area (Å²) in [6.07, 6.45) is 0.557. The SMILES string of the molecule is COCC(Br)CCNS(=O)(=O)c1ccccc1F. The van der Waals surface area contributed by atoms with Crippen LogP contribution < -0.4 is 4.72 Å². The monoisotopic (exact) mass is 339 g/mol. The van der Waals surface area contributed by atoms with Crippen molar-refractivity contribution in [2.24, 2.45) is 0 Å². The van der Waals surface area contributed by atoms with Gasteiger partial charge in [0, 0.05) is 18.5 Å². The molecule has 102 valence electrons. The van der Waals surface area contributed by atoms with Crippen LogP contribution in [0.2, 0.25) is 0 Å². The third-order valence-corrected chi connectivity index (χ3v) is 4.44. The van der Waals surface area contributed by atoms with Crippen LogP contribution >= 0.6 is 15.9 Å². The zero-order chi connectivity index (χ0) is 13.6. The lowest BCUT2D eigenvalue weighted by molar-refractivity contribution is 0.199. The second-order valence-electron chi connectivity index (χ2n) is 3.67. The third kappa shape index (κ3) is 4.64. The van der Waals surface area contributed by atoms with Crippen LogP contribution in [0.3, 0.4) is 0 Å². The summed E-state index contributed by atoms with van der Waals surface area (Å²) >= 11 is 3.34. The zero-order valence-corrected chi connectivity index (χ0v) is 12.3. The minimum atomic E-state index is -3.79. The zero-order valence-electron chi connectivity index (χ0n) is 9.90. The Hall–Kier alpha value is -0.500. The van der Waals surface area contributed by atoms with Gasteiger partial charge in [0.2, 0.25) is 10.0 Å². The van der Waals surface area contributed by atoms with E-state index in [-0.39, 0.29) is 16.3 Å². The molecule has 0 saturated heterocycles. The van der Waals surface area contributed by atoms with Gasteiger partial charge in [0.25, 0.3) is 0 Å². The van der Waals surface area contributed by atoms with Crippen LogP contribution in [-0.4, -0.2) is 33.5 Å². The molecule has 0 heterocycles. The van der Waals surface area contributed by atoms with Crippen LogP contribution in [0.5, 0.6) is 0 Å². The maximum Gasteiger partial charge on any atom is 0.243 e. The molecule has 0 aliphatic heterocycles. The van der Waals surface area contributed by atoms with Gasteiger partial charge < -0.3 is 4.74 Å². The molecule has 1 N–H and O–H groups in total. The van der Waals surface area contributed by atoms with E-state index in [9.17, 15) is 12.8 Å². The summed E-state index contributed by atoms with van der Waals surface area (Å²) in [5, 5.41) is 0. The molecule has 0 bridgehead atoms. The maximum atomic E-state index is 13.3. The first-order valence-corrected chi connectivity index (χ1v) is 7.74. The predicted molar refractivity (Wildman–Crippen MR) is 70.8 cm³/mol. The van der Waals surface area contributed by atoms with Gasteiger partial charge in [-0.05, 0) is 18.6 Å². The summed E-state index contributed by atoms with van der Waals surface area (Å²) in [6.45, 7) is 0.706. The molecule has 0 radical (unpaired) electrons. The van der Waals surface area contributed by atoms with Crippen molar-refractivity contribution in [3.63, 3.8) is 0 Å². The molecule has 0 spiro atoms. The van der Waals surface area contributed by atoms with Gasteiger partial charge in [-0.15, -0.1) is 0 Å². The van der Waals surface area contributed by atoms with Crippen molar-refractivity contribution in [3.8, 4) is 0 Å². The molecule has 0 amide bonds. The summed E-state index contributed by atoms with van der Waals surface area (Å²) in [5.41, 5.74) is 0. The average molecular weight is 340 g/mol. The predicted octanol–water partition coefficient (Wildman–Crippen LogP) is 1.90. The molecule has 1 atom stereocenters. The summed E-state index contributed by atoms with van der Waals surface area (Å²) < 4.78 is 44.2. The van der Waals surface area contributed by atoms with E-state index in [0.717, 1.165) is 6.07 Å². The minimum absolute atomic E-state index is 0.0609. The summed E-state index contributed by atoms with van der Waals surface area (Å²) in [6, 6.07) is 5.28. The lowest BCUT2D eigenvalue weighted by atomic mass is 10.3. The Morgan fingerprint density at radius 1 is 1.44 bits per heavy atom. The first kappa shape index (κ1) is 15.6. The normalized spacial score (nSPS) is 13.5. The molecule has 7 heteroatoms. The van der Waals surface area contributed by atoms with Gasteiger partial charge in [-0.25, -0.2) is 17.5 Å². The van der Waals surface area contributed by atoms with Crippen molar-refractivity contribution in [1.29, 1.82) is 0 Å². The van der Waals surface area contributed by atoms with Crippen LogP contribution in [0.15, 0.2) is 29.2 Å². The molecule has 0 saturated carbocycles. The fourth-order valence-corrected chi connectivity index (χ4v) is 2.97. The second-order valence-corrected chi connectivity index (χ2v) is 6.70. The molecular formula is C11H15BrFNO3S. The van der Waals surface area contributed by atoms with E-state index < -0.39 is 15.8 Å². The van der Waals surface area contributed by atoms with Crippen LogP contribution in [-0.2, 0) is 14.8 Å². The van der Waals surface area contributed by atoms with E-state index in [4.69, 9.17) is 4.74 Å². The van der Waals surface area contributed by atoms with E-state index >= 15 is 0 Å². The standard InChI is InChI=1S/C11H15BrFNO3S/c1-17-8-9(12)6-7-14-18(15,16)11-5-3-2-4-10(11)13/h2-5,9,14H,6-8H2,1H3. The number of halogens is 2. The third-order valence-electron chi connectivity index (χ3n) is 2.22.